The van der Waals surface area contributed by atoms with E-state index in [1.54, 1.807) is 0 Å². The van der Waals surface area contributed by atoms with Crippen LogP contribution >= 0.6 is 0 Å². The van der Waals surface area contributed by atoms with Crippen LogP contribution in [0.3, 0.4) is 0 Å². The molecule has 0 saturated heterocycles. The average Bonchev–Trinajstić information content (AvgIpc) is 3.88. The Morgan fingerprint density at radius 2 is 0.767 bits per heavy atom. The number of benzene rings is 9. The van der Waals surface area contributed by atoms with E-state index in [0.29, 0.717) is 17.5 Å². The molecule has 60 heavy (non-hydrogen) atoms. The summed E-state index contributed by atoms with van der Waals surface area (Å²) in [6, 6.07) is 69.3. The third kappa shape index (κ3) is 5.83. The Labute approximate surface area is 344 Å². The molecule has 5 heteroatoms. The highest BCUT2D eigenvalue weighted by molar-refractivity contribution is 6.16. The molecule has 5 nitrogen and oxygen atoms in total. The van der Waals surface area contributed by atoms with E-state index in [4.69, 9.17) is 23.8 Å². The van der Waals surface area contributed by atoms with Crippen molar-refractivity contribution in [2.45, 2.75) is 0 Å². The fourth-order valence-electron chi connectivity index (χ4n) is 8.53. The number of hydrogen-bond donors (Lipinski definition) is 0. The highest BCUT2D eigenvalue weighted by atomic mass is 16.3. The molecule has 0 amide bonds. The van der Waals surface area contributed by atoms with E-state index in [1.165, 1.54) is 0 Å². The molecule has 0 aliphatic rings. The van der Waals surface area contributed by atoms with Crippen LogP contribution < -0.4 is 0 Å². The predicted molar refractivity (Wildman–Crippen MR) is 245 cm³/mol. The quantitative estimate of drug-likeness (QED) is 0.169. The number of para-hydroxylation sites is 1. The Hall–Kier alpha value is -8.15. The lowest BCUT2D eigenvalue weighted by Gasteiger charge is -2.13. The Morgan fingerprint density at radius 1 is 0.267 bits per heavy atom. The number of rotatable bonds is 6. The maximum Gasteiger partial charge on any atom is 0.164 e. The van der Waals surface area contributed by atoms with Crippen LogP contribution in [0.1, 0.15) is 0 Å². The second-order valence-electron chi connectivity index (χ2n) is 15.2. The number of nitrogens with zero attached hydrogens (tertiary/aromatic N) is 3. The normalized spacial score (nSPS) is 11.7. The minimum atomic E-state index is 0.553. The Bertz CT molecular complexity index is 3530. The van der Waals surface area contributed by atoms with Crippen molar-refractivity contribution in [3.8, 4) is 67.5 Å². The fraction of sp³-hybridized carbons (Fsp3) is 0. The molecule has 12 rings (SSSR count). The molecule has 0 atom stereocenters. The van der Waals surface area contributed by atoms with Gasteiger partial charge >= 0.3 is 0 Å². The van der Waals surface area contributed by atoms with Crippen molar-refractivity contribution in [1.82, 2.24) is 15.0 Å². The van der Waals surface area contributed by atoms with E-state index in [2.05, 4.69) is 140 Å². The molecule has 0 bridgehead atoms. The van der Waals surface area contributed by atoms with Crippen LogP contribution in [0, 0.1) is 0 Å². The minimum Gasteiger partial charge on any atom is -0.456 e. The summed E-state index contributed by atoms with van der Waals surface area (Å²) in [4.78, 5) is 15.9. The standard InChI is InChI=1S/C55H33N3O2/c1-4-14-34(15-5-1)40-26-41(35-16-6-2-7-17-35)28-43(27-40)54-56-53(36-18-8-3-9-19-36)57-55(58-54)47-30-42(39-24-25-45-44-22-12-13-23-48(44)59-49(45)32-39)33-51-52(47)46-29-37-20-10-11-21-38(37)31-50(46)60-51/h1-33H. The van der Waals surface area contributed by atoms with Crippen molar-refractivity contribution >= 4 is 54.6 Å². The largest absolute Gasteiger partial charge is 0.456 e. The molecule has 0 spiro atoms. The molecule has 0 aliphatic carbocycles. The average molecular weight is 768 g/mol. The molecule has 0 aliphatic heterocycles. The molecule has 0 fully saturated rings. The first kappa shape index (κ1) is 33.9. The van der Waals surface area contributed by atoms with Gasteiger partial charge in [-0.1, -0.05) is 140 Å². The molecule has 3 aromatic heterocycles. The van der Waals surface area contributed by atoms with E-state index >= 15 is 0 Å². The summed E-state index contributed by atoms with van der Waals surface area (Å²) in [6.45, 7) is 0. The van der Waals surface area contributed by atoms with Crippen molar-refractivity contribution in [2.75, 3.05) is 0 Å². The van der Waals surface area contributed by atoms with Gasteiger partial charge < -0.3 is 8.83 Å². The van der Waals surface area contributed by atoms with Gasteiger partial charge in [-0.15, -0.1) is 0 Å². The van der Waals surface area contributed by atoms with Crippen LogP contribution in [0.5, 0.6) is 0 Å². The third-order valence-corrected chi connectivity index (χ3v) is 11.5. The Balaban J connectivity index is 1.14. The van der Waals surface area contributed by atoms with Crippen LogP contribution in [0.15, 0.2) is 209 Å². The first-order valence-corrected chi connectivity index (χ1v) is 20.1. The number of furan rings is 2. The third-order valence-electron chi connectivity index (χ3n) is 11.5. The van der Waals surface area contributed by atoms with Crippen molar-refractivity contribution < 1.29 is 8.83 Å². The molecule has 9 aromatic carbocycles. The van der Waals surface area contributed by atoms with Gasteiger partial charge in [0.25, 0.3) is 0 Å². The van der Waals surface area contributed by atoms with E-state index < -0.39 is 0 Å². The first-order chi connectivity index (χ1) is 29.7. The van der Waals surface area contributed by atoms with E-state index in [0.717, 1.165) is 105 Å². The summed E-state index contributed by atoms with van der Waals surface area (Å²) in [6.07, 6.45) is 0. The van der Waals surface area contributed by atoms with Crippen molar-refractivity contribution in [2.24, 2.45) is 0 Å². The highest BCUT2D eigenvalue weighted by Crippen LogP contribution is 2.42. The Morgan fingerprint density at radius 3 is 1.48 bits per heavy atom. The van der Waals surface area contributed by atoms with Gasteiger partial charge in [0.05, 0.1) is 0 Å². The SMILES string of the molecule is c1ccc(-c2cc(-c3ccccc3)cc(-c3nc(-c4ccccc4)nc(-c4cc(-c5ccc6c(c5)oc5ccccc56)cc5oc6cc7ccccc7cc6c45)n3)c2)cc1. The van der Waals surface area contributed by atoms with Crippen LogP contribution in [-0.2, 0) is 0 Å². The summed E-state index contributed by atoms with van der Waals surface area (Å²) in [5.41, 5.74) is 12.2. The lowest BCUT2D eigenvalue weighted by atomic mass is 9.95. The zero-order valence-electron chi connectivity index (χ0n) is 32.2. The summed E-state index contributed by atoms with van der Waals surface area (Å²) in [5.74, 6) is 1.72. The van der Waals surface area contributed by atoms with Gasteiger partial charge in [-0.2, -0.15) is 0 Å². The molecule has 3 heterocycles. The van der Waals surface area contributed by atoms with Gasteiger partial charge in [-0.3, -0.25) is 0 Å². The zero-order valence-corrected chi connectivity index (χ0v) is 32.2. The summed E-state index contributed by atoms with van der Waals surface area (Å²) >= 11 is 0. The molecule has 0 unspecified atom stereocenters. The molecule has 0 saturated carbocycles. The van der Waals surface area contributed by atoms with Gasteiger partial charge in [0.15, 0.2) is 17.5 Å². The van der Waals surface area contributed by atoms with Crippen LogP contribution in [-0.4, -0.2) is 15.0 Å². The predicted octanol–water partition coefficient (Wildman–Crippen LogP) is 14.8. The zero-order chi connectivity index (χ0) is 39.6. The van der Waals surface area contributed by atoms with E-state index in [-0.39, 0.29) is 0 Å². The summed E-state index contributed by atoms with van der Waals surface area (Å²) in [7, 11) is 0. The molecule has 280 valence electrons. The lowest BCUT2D eigenvalue weighted by molar-refractivity contribution is 0.668. The Kier molecular flexibility index (Phi) is 7.78. The van der Waals surface area contributed by atoms with Crippen molar-refractivity contribution in [3.63, 3.8) is 0 Å². The van der Waals surface area contributed by atoms with Gasteiger partial charge in [0.2, 0.25) is 0 Å². The monoisotopic (exact) mass is 767 g/mol. The van der Waals surface area contributed by atoms with Gasteiger partial charge in [-0.25, -0.2) is 15.0 Å². The van der Waals surface area contributed by atoms with E-state index in [9.17, 15) is 0 Å². The molecule has 12 aromatic rings. The number of aromatic nitrogens is 3. The second kappa shape index (κ2) is 13.8. The van der Waals surface area contributed by atoms with Gasteiger partial charge in [0, 0.05) is 38.2 Å². The molecule has 0 radical (unpaired) electrons. The minimum absolute atomic E-state index is 0.553. The maximum atomic E-state index is 6.78. The fourth-order valence-corrected chi connectivity index (χ4v) is 8.53. The topological polar surface area (TPSA) is 65.0 Å². The van der Waals surface area contributed by atoms with Crippen LogP contribution in [0.2, 0.25) is 0 Å². The second-order valence-corrected chi connectivity index (χ2v) is 15.2. The maximum absolute atomic E-state index is 6.78. The van der Waals surface area contributed by atoms with Gasteiger partial charge in [0.1, 0.15) is 22.3 Å². The summed E-state index contributed by atoms with van der Waals surface area (Å²) in [5, 5.41) is 6.36. The van der Waals surface area contributed by atoms with E-state index in [1.807, 2.05) is 60.7 Å². The highest BCUT2D eigenvalue weighted by Gasteiger charge is 2.21. The van der Waals surface area contributed by atoms with Crippen molar-refractivity contribution in [3.05, 3.63) is 200 Å². The molecule has 0 N–H and O–H groups in total. The number of fused-ring (bicyclic) bond motifs is 7. The van der Waals surface area contributed by atoms with Crippen LogP contribution in [0.4, 0.5) is 0 Å². The van der Waals surface area contributed by atoms with Gasteiger partial charge in [-0.05, 0) is 105 Å². The summed E-state index contributed by atoms with van der Waals surface area (Å²) < 4.78 is 13.2. The lowest BCUT2D eigenvalue weighted by Crippen LogP contribution is -2.01. The van der Waals surface area contributed by atoms with Crippen LogP contribution in [0.25, 0.3) is 122 Å². The molecular formula is C55H33N3O2. The first-order valence-electron chi connectivity index (χ1n) is 20.1. The smallest absolute Gasteiger partial charge is 0.164 e. The van der Waals surface area contributed by atoms with Crippen molar-refractivity contribution in [1.29, 1.82) is 0 Å². The molecular weight excluding hydrogens is 735 g/mol. The number of hydrogen-bond acceptors (Lipinski definition) is 5.